The fourth-order valence-corrected chi connectivity index (χ4v) is 6.79. The Morgan fingerprint density at radius 2 is 1.45 bits per heavy atom. The number of nitrogens with zero attached hydrogens (tertiary/aromatic N) is 6. The van der Waals surface area contributed by atoms with Gasteiger partial charge in [0.25, 0.3) is 0 Å². The average molecular weight is 879 g/mol. The van der Waals surface area contributed by atoms with Crippen molar-refractivity contribution in [1.82, 2.24) is 19.5 Å². The quantitative estimate of drug-likeness (QED) is 0.155. The second-order valence-electron chi connectivity index (χ2n) is 15.8. The van der Waals surface area contributed by atoms with Crippen LogP contribution in [0.4, 0.5) is 23.0 Å². The van der Waals surface area contributed by atoms with E-state index in [9.17, 15) is 0 Å². The summed E-state index contributed by atoms with van der Waals surface area (Å²) >= 11 is 0. The number of fused-ring (bicyclic) bond motifs is 4. The van der Waals surface area contributed by atoms with E-state index in [1.807, 2.05) is 55.6 Å². The minimum Gasteiger partial charge on any atom is -0.509 e. The number of anilines is 4. The summed E-state index contributed by atoms with van der Waals surface area (Å²) < 4.78 is 8.70. The molecule has 0 atom stereocenters. The standard InChI is InChI=1S/C45H43N6O.Pt/c1-29(2)37-23-31(45(6,7)8)27-48-42(37)50-28-49(39-17-12-21-47-43(39)50)32-13-11-14-33(25-32)52-34-18-19-36-35-15-9-10-16-38(35)51(40(36)26-34)41-24-30(20-22-46-41)44(3,4)5;/h9-24,27-29H,1-8H3;/q-3;. The van der Waals surface area contributed by atoms with Crippen LogP contribution in [-0.2, 0) is 31.9 Å². The van der Waals surface area contributed by atoms with Gasteiger partial charge in [0, 0.05) is 56.7 Å². The molecule has 0 spiro atoms. The van der Waals surface area contributed by atoms with Crippen LogP contribution in [0.3, 0.4) is 0 Å². The number of ether oxygens (including phenoxy) is 1. The van der Waals surface area contributed by atoms with Crippen LogP contribution in [0, 0.1) is 18.8 Å². The maximum absolute atomic E-state index is 6.52. The van der Waals surface area contributed by atoms with E-state index in [0.717, 1.165) is 50.6 Å². The Bertz CT molecular complexity index is 2460. The summed E-state index contributed by atoms with van der Waals surface area (Å²) in [5, 5.41) is 2.23. The first-order valence-electron chi connectivity index (χ1n) is 17.9. The van der Waals surface area contributed by atoms with E-state index in [2.05, 4.69) is 136 Å². The molecule has 3 aromatic carbocycles. The first kappa shape index (κ1) is 36.4. The zero-order valence-electron chi connectivity index (χ0n) is 31.4. The monoisotopic (exact) mass is 878 g/mol. The Kier molecular flexibility index (Phi) is 9.44. The van der Waals surface area contributed by atoms with Crippen LogP contribution in [0.25, 0.3) is 27.6 Å². The van der Waals surface area contributed by atoms with Crippen LogP contribution < -0.4 is 14.5 Å². The molecule has 0 fully saturated rings. The molecule has 1 aliphatic heterocycles. The predicted molar refractivity (Wildman–Crippen MR) is 211 cm³/mol. The molecule has 4 aromatic heterocycles. The molecule has 8 rings (SSSR count). The molecule has 272 valence electrons. The third-order valence-electron chi connectivity index (χ3n) is 9.73. The van der Waals surface area contributed by atoms with Crippen LogP contribution in [0.5, 0.6) is 11.5 Å². The van der Waals surface area contributed by atoms with Crippen LogP contribution in [0.1, 0.15) is 78.0 Å². The van der Waals surface area contributed by atoms with E-state index in [4.69, 9.17) is 19.7 Å². The number of hydrogen-bond acceptors (Lipinski definition) is 6. The van der Waals surface area contributed by atoms with Gasteiger partial charge in [-0.05, 0) is 75.2 Å². The minimum atomic E-state index is -0.0141. The zero-order valence-corrected chi connectivity index (χ0v) is 33.6. The Balaban J connectivity index is 0.00000435. The number of benzene rings is 3. The molecule has 0 unspecified atom stereocenters. The van der Waals surface area contributed by atoms with Gasteiger partial charge < -0.3 is 19.1 Å². The van der Waals surface area contributed by atoms with Gasteiger partial charge in [-0.1, -0.05) is 79.1 Å². The van der Waals surface area contributed by atoms with E-state index in [0.29, 0.717) is 11.5 Å². The van der Waals surface area contributed by atoms with Crippen LogP contribution >= 0.6 is 0 Å². The Hall–Kier alpha value is -5.00. The van der Waals surface area contributed by atoms with Crippen LogP contribution in [-0.4, -0.2) is 19.5 Å². The number of aromatic nitrogens is 4. The van der Waals surface area contributed by atoms with Crippen molar-refractivity contribution in [2.24, 2.45) is 0 Å². The predicted octanol–water partition coefficient (Wildman–Crippen LogP) is 11.5. The van der Waals surface area contributed by atoms with E-state index in [-0.39, 0.29) is 37.8 Å². The Labute approximate surface area is 326 Å². The normalized spacial score (nSPS) is 13.2. The van der Waals surface area contributed by atoms with Gasteiger partial charge in [-0.2, -0.15) is 12.1 Å². The minimum absolute atomic E-state index is 0. The molecule has 0 amide bonds. The topological polar surface area (TPSA) is 59.3 Å². The van der Waals surface area contributed by atoms with Gasteiger partial charge in [0.15, 0.2) is 0 Å². The average Bonchev–Trinajstić information content (AvgIpc) is 3.67. The summed E-state index contributed by atoms with van der Waals surface area (Å²) in [7, 11) is 0. The maximum atomic E-state index is 6.52. The molecule has 0 saturated heterocycles. The molecule has 5 heterocycles. The number of hydrogen-bond donors (Lipinski definition) is 0. The molecule has 0 N–H and O–H groups in total. The molecule has 53 heavy (non-hydrogen) atoms. The van der Waals surface area contributed by atoms with E-state index < -0.39 is 0 Å². The van der Waals surface area contributed by atoms with Crippen molar-refractivity contribution in [1.29, 1.82) is 0 Å². The molecule has 0 radical (unpaired) electrons. The van der Waals surface area contributed by atoms with E-state index >= 15 is 0 Å². The molecule has 1 aliphatic rings. The third kappa shape index (κ3) is 6.72. The number of para-hydroxylation sites is 1. The summed E-state index contributed by atoms with van der Waals surface area (Å²) in [6.07, 6.45) is 5.71. The summed E-state index contributed by atoms with van der Waals surface area (Å²) in [6, 6.07) is 36.1. The number of pyridine rings is 3. The summed E-state index contributed by atoms with van der Waals surface area (Å²) in [5.41, 5.74) is 7.32. The van der Waals surface area contributed by atoms with Gasteiger partial charge in [-0.3, -0.25) is 0 Å². The van der Waals surface area contributed by atoms with Crippen molar-refractivity contribution in [3.8, 4) is 17.3 Å². The maximum Gasteiger partial charge on any atom is 0.135 e. The fraction of sp³-hybridized carbons (Fsp3) is 0.244. The SMILES string of the molecule is CC(C)c1cc(C(C)(C)C)cnc1N1[CH-]N(c2[c-]c(Oc3[c-]c4c(cc3)c3ccccc3n4-c3cc(C(C)(C)C)ccn3)ccc2)c2cccnc21.[Pt]. The summed E-state index contributed by atoms with van der Waals surface area (Å²) in [4.78, 5) is 18.8. The first-order chi connectivity index (χ1) is 24.9. The molecule has 7 nitrogen and oxygen atoms in total. The van der Waals surface area contributed by atoms with Crippen LogP contribution in [0.15, 0.2) is 104 Å². The van der Waals surface area contributed by atoms with Gasteiger partial charge in [0.2, 0.25) is 0 Å². The second-order valence-corrected chi connectivity index (χ2v) is 15.8. The molecule has 8 heteroatoms. The van der Waals surface area contributed by atoms with Gasteiger partial charge in [-0.15, -0.1) is 48.1 Å². The van der Waals surface area contributed by atoms with Gasteiger partial charge >= 0.3 is 0 Å². The van der Waals surface area contributed by atoms with Crippen LogP contribution in [0.2, 0.25) is 0 Å². The zero-order chi connectivity index (χ0) is 36.4. The van der Waals surface area contributed by atoms with E-state index in [1.54, 1.807) is 0 Å². The van der Waals surface area contributed by atoms with Crippen molar-refractivity contribution in [3.05, 3.63) is 139 Å². The largest absolute Gasteiger partial charge is 0.509 e. The van der Waals surface area contributed by atoms with E-state index in [1.165, 1.54) is 16.7 Å². The third-order valence-corrected chi connectivity index (χ3v) is 9.73. The van der Waals surface area contributed by atoms with Crippen molar-refractivity contribution >= 4 is 44.8 Å². The number of rotatable bonds is 6. The molecule has 0 aliphatic carbocycles. The smallest absolute Gasteiger partial charge is 0.135 e. The second kappa shape index (κ2) is 13.8. The Morgan fingerprint density at radius 1 is 0.679 bits per heavy atom. The van der Waals surface area contributed by atoms with Crippen molar-refractivity contribution in [2.45, 2.75) is 72.1 Å². The van der Waals surface area contributed by atoms with Gasteiger partial charge in [-0.25, -0.2) is 15.0 Å². The summed E-state index contributed by atoms with van der Waals surface area (Å²) in [5.74, 6) is 3.99. The Morgan fingerprint density at radius 3 is 2.23 bits per heavy atom. The molecular weight excluding hydrogens is 836 g/mol. The van der Waals surface area contributed by atoms with Crippen molar-refractivity contribution < 1.29 is 25.8 Å². The summed E-state index contributed by atoms with van der Waals surface area (Å²) in [6.45, 7) is 19.8. The van der Waals surface area contributed by atoms with Crippen molar-refractivity contribution in [2.75, 3.05) is 9.80 Å². The fourth-order valence-electron chi connectivity index (χ4n) is 6.79. The van der Waals surface area contributed by atoms with Crippen molar-refractivity contribution in [3.63, 3.8) is 0 Å². The first-order valence-corrected chi connectivity index (χ1v) is 17.9. The molecule has 0 bridgehead atoms. The molecule has 0 saturated carbocycles. The molecule has 7 aromatic rings. The molecular formula is C45H43N6OPt-3. The van der Waals surface area contributed by atoms with Gasteiger partial charge in [0.05, 0.1) is 5.69 Å². The van der Waals surface area contributed by atoms with Gasteiger partial charge in [0.1, 0.15) is 17.5 Å².